The highest BCUT2D eigenvalue weighted by Gasteiger charge is 2.39. The van der Waals surface area contributed by atoms with E-state index >= 15 is 0 Å². The fourth-order valence-electron chi connectivity index (χ4n) is 2.54. The molecule has 3 N–H and O–H groups in total. The van der Waals surface area contributed by atoms with Crippen molar-refractivity contribution >= 4 is 17.7 Å². The van der Waals surface area contributed by atoms with Crippen molar-refractivity contribution in [2.24, 2.45) is 5.41 Å². The van der Waals surface area contributed by atoms with Crippen LogP contribution in [0.2, 0.25) is 0 Å². The molecule has 98 valence electrons. The molecule has 1 aliphatic carbocycles. The lowest BCUT2D eigenvalue weighted by Gasteiger charge is -2.25. The van der Waals surface area contributed by atoms with Gasteiger partial charge in [0.1, 0.15) is 5.69 Å². The number of hydrogen-bond donors (Lipinski definition) is 3. The molecule has 0 aliphatic heterocycles. The van der Waals surface area contributed by atoms with E-state index < -0.39 is 5.97 Å². The van der Waals surface area contributed by atoms with Crippen molar-refractivity contribution in [3.8, 4) is 0 Å². The summed E-state index contributed by atoms with van der Waals surface area (Å²) in [6.45, 7) is 2.01. The van der Waals surface area contributed by atoms with Crippen molar-refractivity contribution in [1.29, 1.82) is 0 Å². The number of amides is 1. The number of hydrogen-bond acceptors (Lipinski definition) is 3. The maximum absolute atomic E-state index is 12.2. The van der Waals surface area contributed by atoms with E-state index in [0.29, 0.717) is 0 Å². The van der Waals surface area contributed by atoms with Crippen molar-refractivity contribution in [1.82, 2.24) is 10.2 Å². The molecule has 0 bridgehead atoms. The average molecular weight is 251 g/mol. The predicted octanol–water partition coefficient (Wildman–Crippen LogP) is 2.02. The second-order valence-corrected chi connectivity index (χ2v) is 4.77. The first-order valence-electron chi connectivity index (χ1n) is 6.17. The van der Waals surface area contributed by atoms with Crippen LogP contribution in [0.4, 0.5) is 5.82 Å². The predicted molar refractivity (Wildman–Crippen MR) is 65.4 cm³/mol. The number of carboxylic acid groups (broad SMARTS) is 1. The molecule has 1 heterocycles. The van der Waals surface area contributed by atoms with Gasteiger partial charge in [0.25, 0.3) is 0 Å². The summed E-state index contributed by atoms with van der Waals surface area (Å²) in [5.41, 5.74) is -0.329. The van der Waals surface area contributed by atoms with Gasteiger partial charge >= 0.3 is 5.97 Å². The topological polar surface area (TPSA) is 95.1 Å². The molecule has 1 amide bonds. The van der Waals surface area contributed by atoms with E-state index in [2.05, 4.69) is 15.5 Å². The average Bonchev–Trinajstić information content (AvgIpc) is 2.97. The molecule has 0 atom stereocenters. The monoisotopic (exact) mass is 251 g/mol. The third kappa shape index (κ3) is 2.23. The molecular formula is C12H17N3O3. The highest BCUT2D eigenvalue weighted by Crippen LogP contribution is 2.41. The molecule has 6 heteroatoms. The molecule has 1 fully saturated rings. The summed E-state index contributed by atoms with van der Waals surface area (Å²) in [5, 5.41) is 17.6. The molecule has 6 nitrogen and oxygen atoms in total. The number of aromatic amines is 1. The standard InChI is InChI=1S/C12H17N3O3/c1-2-12(5-3-4-6-12)11(18)13-9-7-8(10(16)17)14-15-9/h7H,2-6H2,1H3,(H,16,17)(H2,13,14,15,18). The molecule has 1 aromatic heterocycles. The lowest BCUT2D eigenvalue weighted by molar-refractivity contribution is -0.125. The number of nitrogens with one attached hydrogen (secondary N) is 2. The molecule has 0 radical (unpaired) electrons. The minimum Gasteiger partial charge on any atom is -0.477 e. The first-order chi connectivity index (χ1) is 8.57. The van der Waals surface area contributed by atoms with E-state index in [0.717, 1.165) is 32.1 Å². The second kappa shape index (κ2) is 4.80. The maximum atomic E-state index is 12.2. The van der Waals surface area contributed by atoms with Crippen molar-refractivity contribution in [2.45, 2.75) is 39.0 Å². The van der Waals surface area contributed by atoms with E-state index in [1.807, 2.05) is 6.92 Å². The fraction of sp³-hybridized carbons (Fsp3) is 0.583. The molecule has 0 spiro atoms. The van der Waals surface area contributed by atoms with Crippen LogP contribution in [0.3, 0.4) is 0 Å². The maximum Gasteiger partial charge on any atom is 0.353 e. The van der Waals surface area contributed by atoms with E-state index in [1.165, 1.54) is 6.07 Å². The minimum atomic E-state index is -1.09. The molecule has 18 heavy (non-hydrogen) atoms. The third-order valence-electron chi connectivity index (χ3n) is 3.77. The zero-order valence-electron chi connectivity index (χ0n) is 10.3. The van der Waals surface area contributed by atoms with E-state index in [9.17, 15) is 9.59 Å². The van der Waals surface area contributed by atoms with E-state index in [4.69, 9.17) is 5.11 Å². The number of carboxylic acids is 1. The number of carbonyl (C=O) groups excluding carboxylic acids is 1. The molecule has 0 saturated heterocycles. The van der Waals surface area contributed by atoms with Gasteiger partial charge in [0.05, 0.1) is 0 Å². The van der Waals surface area contributed by atoms with Crippen LogP contribution in [0.5, 0.6) is 0 Å². The number of anilines is 1. The van der Waals surface area contributed by atoms with Gasteiger partial charge in [-0.25, -0.2) is 4.79 Å². The quantitative estimate of drug-likeness (QED) is 0.762. The highest BCUT2D eigenvalue weighted by atomic mass is 16.4. The number of carbonyl (C=O) groups is 2. The van der Waals surface area contributed by atoms with Gasteiger partial charge in [-0.2, -0.15) is 5.10 Å². The summed E-state index contributed by atoms with van der Waals surface area (Å²) in [4.78, 5) is 22.9. The van der Waals surface area contributed by atoms with Crippen LogP contribution in [0.1, 0.15) is 49.5 Å². The molecule has 2 rings (SSSR count). The van der Waals surface area contributed by atoms with Gasteiger partial charge in [-0.1, -0.05) is 19.8 Å². The first kappa shape index (κ1) is 12.6. The number of H-pyrrole nitrogens is 1. The molecule has 1 saturated carbocycles. The summed E-state index contributed by atoms with van der Waals surface area (Å²) >= 11 is 0. The highest BCUT2D eigenvalue weighted by molar-refractivity contribution is 5.95. The zero-order chi connectivity index (χ0) is 13.2. The first-order valence-corrected chi connectivity index (χ1v) is 6.17. The van der Waals surface area contributed by atoms with Crippen LogP contribution in [-0.4, -0.2) is 27.2 Å². The van der Waals surface area contributed by atoms with Gasteiger partial charge < -0.3 is 10.4 Å². The molecule has 0 aromatic carbocycles. The van der Waals surface area contributed by atoms with Crippen LogP contribution in [0.25, 0.3) is 0 Å². The Hall–Kier alpha value is -1.85. The van der Waals surface area contributed by atoms with Gasteiger partial charge in [-0.3, -0.25) is 9.89 Å². The molecule has 1 aliphatic rings. The van der Waals surface area contributed by atoms with Gasteiger partial charge in [-0.05, 0) is 19.3 Å². The van der Waals surface area contributed by atoms with Crippen molar-refractivity contribution in [3.63, 3.8) is 0 Å². The SMILES string of the molecule is CCC1(C(=O)Nc2cc(C(=O)O)[nH]n2)CCCC1. The minimum absolute atomic E-state index is 0.0257. The van der Waals surface area contributed by atoms with Crippen molar-refractivity contribution in [3.05, 3.63) is 11.8 Å². The summed E-state index contributed by atoms with van der Waals surface area (Å²) in [5.74, 6) is -0.864. The van der Waals surface area contributed by atoms with Crippen LogP contribution < -0.4 is 5.32 Å². The number of aromatic nitrogens is 2. The lowest BCUT2D eigenvalue weighted by atomic mass is 9.82. The fourth-order valence-corrected chi connectivity index (χ4v) is 2.54. The van der Waals surface area contributed by atoms with Crippen molar-refractivity contribution < 1.29 is 14.7 Å². The van der Waals surface area contributed by atoms with Gasteiger partial charge in [0.15, 0.2) is 5.82 Å². The Bertz CT molecular complexity index is 461. The smallest absolute Gasteiger partial charge is 0.353 e. The van der Waals surface area contributed by atoms with Crippen LogP contribution in [0, 0.1) is 5.41 Å². The largest absolute Gasteiger partial charge is 0.477 e. The Morgan fingerprint density at radius 3 is 2.67 bits per heavy atom. The summed E-state index contributed by atoms with van der Waals surface area (Å²) in [6, 6.07) is 1.33. The Morgan fingerprint density at radius 2 is 2.17 bits per heavy atom. The van der Waals surface area contributed by atoms with E-state index in [-0.39, 0.29) is 22.8 Å². The second-order valence-electron chi connectivity index (χ2n) is 4.77. The van der Waals surface area contributed by atoms with Gasteiger partial charge in [-0.15, -0.1) is 0 Å². The van der Waals surface area contributed by atoms with Gasteiger partial charge in [0, 0.05) is 11.5 Å². The Morgan fingerprint density at radius 1 is 1.50 bits per heavy atom. The van der Waals surface area contributed by atoms with Crippen LogP contribution >= 0.6 is 0 Å². The Labute approximate surface area is 105 Å². The normalized spacial score (nSPS) is 17.6. The third-order valence-corrected chi connectivity index (χ3v) is 3.77. The van der Waals surface area contributed by atoms with Crippen LogP contribution in [0.15, 0.2) is 6.07 Å². The molecule has 1 aromatic rings. The van der Waals surface area contributed by atoms with Crippen LogP contribution in [-0.2, 0) is 4.79 Å². The Kier molecular flexibility index (Phi) is 3.36. The van der Waals surface area contributed by atoms with E-state index in [1.54, 1.807) is 0 Å². The summed E-state index contributed by atoms with van der Waals surface area (Å²) in [7, 11) is 0. The molecule has 0 unspecified atom stereocenters. The molecular weight excluding hydrogens is 234 g/mol. The number of nitrogens with zero attached hydrogens (tertiary/aromatic N) is 1. The summed E-state index contributed by atoms with van der Waals surface area (Å²) in [6.07, 6.45) is 4.73. The van der Waals surface area contributed by atoms with Gasteiger partial charge in [0.2, 0.25) is 5.91 Å². The Balaban J connectivity index is 2.08. The zero-order valence-corrected chi connectivity index (χ0v) is 10.3. The number of rotatable bonds is 4. The number of aromatic carboxylic acids is 1. The van der Waals surface area contributed by atoms with Crippen molar-refractivity contribution in [2.75, 3.05) is 5.32 Å². The summed E-state index contributed by atoms with van der Waals surface area (Å²) < 4.78 is 0. The lowest BCUT2D eigenvalue weighted by Crippen LogP contribution is -2.33.